The summed E-state index contributed by atoms with van der Waals surface area (Å²) in [6.45, 7) is 5.84. The first kappa shape index (κ1) is 15.9. The van der Waals surface area contributed by atoms with E-state index in [1.54, 1.807) is 30.5 Å². The fourth-order valence-corrected chi connectivity index (χ4v) is 2.73. The van der Waals surface area contributed by atoms with E-state index < -0.39 is 0 Å². The average molecular weight is 314 g/mol. The fraction of sp³-hybridized carbons (Fsp3) is 0.188. The van der Waals surface area contributed by atoms with E-state index in [-0.39, 0.29) is 5.75 Å². The number of hydrogen-bond acceptors (Lipinski definition) is 6. The Morgan fingerprint density at radius 3 is 2.36 bits per heavy atom. The van der Waals surface area contributed by atoms with Crippen LogP contribution in [0.1, 0.15) is 19.7 Å². The average Bonchev–Trinajstić information content (AvgIpc) is 2.92. The van der Waals surface area contributed by atoms with Crippen molar-refractivity contribution in [3.8, 4) is 27.6 Å². The van der Waals surface area contributed by atoms with Crippen LogP contribution in [0, 0.1) is 6.92 Å². The molecule has 2 aromatic heterocycles. The summed E-state index contributed by atoms with van der Waals surface area (Å²) >= 11 is 1.39. The molecule has 1 aromatic carbocycles. The number of benzene rings is 1. The van der Waals surface area contributed by atoms with Crippen LogP contribution in [0.3, 0.4) is 0 Å². The second-order valence-electron chi connectivity index (χ2n) is 4.27. The van der Waals surface area contributed by atoms with Gasteiger partial charge in [0.15, 0.2) is 5.13 Å². The molecular formula is C16H18N4OS. The minimum Gasteiger partial charge on any atom is -0.508 e. The molecule has 0 amide bonds. The topological polar surface area (TPSA) is 84.9 Å². The lowest BCUT2D eigenvalue weighted by atomic mass is 10.1. The molecule has 3 aromatic rings. The number of rotatable bonds is 2. The van der Waals surface area contributed by atoms with E-state index in [1.807, 2.05) is 26.8 Å². The van der Waals surface area contributed by atoms with Crippen LogP contribution in [-0.4, -0.2) is 20.1 Å². The molecule has 0 unspecified atom stereocenters. The molecule has 0 radical (unpaired) electrons. The van der Waals surface area contributed by atoms with E-state index in [2.05, 4.69) is 15.0 Å². The monoisotopic (exact) mass is 314 g/mol. The highest BCUT2D eigenvalue weighted by Crippen LogP contribution is 2.37. The summed E-state index contributed by atoms with van der Waals surface area (Å²) in [7, 11) is 0. The summed E-state index contributed by atoms with van der Waals surface area (Å²) in [4.78, 5) is 13.8. The highest BCUT2D eigenvalue weighted by molar-refractivity contribution is 7.19. The molecule has 0 aliphatic rings. The number of aromatic nitrogens is 3. The van der Waals surface area contributed by atoms with Crippen LogP contribution in [0.15, 0.2) is 36.5 Å². The van der Waals surface area contributed by atoms with Gasteiger partial charge in [0.25, 0.3) is 0 Å². The molecule has 0 saturated heterocycles. The number of nitrogens with two attached hydrogens (primary N) is 1. The van der Waals surface area contributed by atoms with Gasteiger partial charge >= 0.3 is 0 Å². The summed E-state index contributed by atoms with van der Waals surface area (Å²) in [5, 5.41) is 9.85. The molecule has 0 bridgehead atoms. The zero-order chi connectivity index (χ0) is 16.1. The van der Waals surface area contributed by atoms with Crippen molar-refractivity contribution < 1.29 is 5.11 Å². The van der Waals surface area contributed by atoms with E-state index in [0.717, 1.165) is 21.8 Å². The predicted molar refractivity (Wildman–Crippen MR) is 90.7 cm³/mol. The van der Waals surface area contributed by atoms with Crippen molar-refractivity contribution in [2.24, 2.45) is 0 Å². The highest BCUT2D eigenvalue weighted by atomic mass is 32.1. The van der Waals surface area contributed by atoms with Gasteiger partial charge in [-0.15, -0.1) is 0 Å². The zero-order valence-electron chi connectivity index (χ0n) is 12.7. The Labute approximate surface area is 133 Å². The fourth-order valence-electron chi connectivity index (χ4n) is 1.91. The maximum Gasteiger partial charge on any atom is 0.181 e. The molecule has 3 rings (SSSR count). The predicted octanol–water partition coefficient (Wildman–Crippen LogP) is 3.89. The van der Waals surface area contributed by atoms with Crippen molar-refractivity contribution in [3.05, 3.63) is 42.4 Å². The van der Waals surface area contributed by atoms with Gasteiger partial charge in [0.05, 0.1) is 16.3 Å². The number of anilines is 1. The summed E-state index contributed by atoms with van der Waals surface area (Å²) in [6, 6.07) is 8.70. The largest absolute Gasteiger partial charge is 0.508 e. The number of phenolic OH excluding ortho intramolecular Hbond substituents is 1. The van der Waals surface area contributed by atoms with E-state index in [9.17, 15) is 5.11 Å². The van der Waals surface area contributed by atoms with E-state index in [4.69, 9.17) is 5.73 Å². The standard InChI is InChI=1S/C14H12N4OS.C2H6/c1-8-16-7-6-11(17-8)13-12(18-14(15)20-13)9-2-4-10(19)5-3-9;1-2/h2-7,19H,1H3,(H2,15,18);1-2H3. The molecular weight excluding hydrogens is 296 g/mol. The second kappa shape index (κ2) is 7.00. The Balaban J connectivity index is 0.000000847. The minimum atomic E-state index is 0.219. The lowest BCUT2D eigenvalue weighted by molar-refractivity contribution is 0.475. The zero-order valence-corrected chi connectivity index (χ0v) is 13.6. The van der Waals surface area contributed by atoms with Crippen LogP contribution < -0.4 is 5.73 Å². The molecule has 0 saturated carbocycles. The van der Waals surface area contributed by atoms with Gasteiger partial charge in [0.1, 0.15) is 11.6 Å². The normalized spacial score (nSPS) is 9.95. The van der Waals surface area contributed by atoms with Crippen molar-refractivity contribution in [3.63, 3.8) is 0 Å². The molecule has 0 aliphatic heterocycles. The van der Waals surface area contributed by atoms with Gasteiger partial charge in [-0.3, -0.25) is 0 Å². The van der Waals surface area contributed by atoms with Gasteiger partial charge in [0.2, 0.25) is 0 Å². The number of hydrogen-bond donors (Lipinski definition) is 2. The number of nitrogen functional groups attached to an aromatic ring is 1. The molecule has 3 N–H and O–H groups in total. The molecule has 114 valence electrons. The number of aromatic hydroxyl groups is 1. The number of thiazole rings is 1. The quantitative estimate of drug-likeness (QED) is 0.749. The lowest BCUT2D eigenvalue weighted by Gasteiger charge is -2.03. The number of phenols is 1. The first-order valence-corrected chi connectivity index (χ1v) is 7.81. The van der Waals surface area contributed by atoms with Gasteiger partial charge in [-0.25, -0.2) is 15.0 Å². The van der Waals surface area contributed by atoms with Gasteiger partial charge in [-0.2, -0.15) is 0 Å². The molecule has 0 atom stereocenters. The molecule has 5 nitrogen and oxygen atoms in total. The smallest absolute Gasteiger partial charge is 0.181 e. The van der Waals surface area contributed by atoms with Gasteiger partial charge < -0.3 is 10.8 Å². The van der Waals surface area contributed by atoms with Crippen molar-refractivity contribution in [1.29, 1.82) is 0 Å². The van der Waals surface area contributed by atoms with Gasteiger partial charge in [-0.05, 0) is 37.3 Å². The van der Waals surface area contributed by atoms with Crippen LogP contribution in [0.25, 0.3) is 21.8 Å². The van der Waals surface area contributed by atoms with Crippen LogP contribution in [0.5, 0.6) is 5.75 Å². The molecule has 2 heterocycles. The maximum absolute atomic E-state index is 9.37. The Morgan fingerprint density at radius 2 is 1.73 bits per heavy atom. The Bertz CT molecular complexity index is 753. The van der Waals surface area contributed by atoms with Crippen LogP contribution in [0.2, 0.25) is 0 Å². The summed E-state index contributed by atoms with van der Waals surface area (Å²) < 4.78 is 0. The SMILES string of the molecule is CC.Cc1nccc(-c2sc(N)nc2-c2ccc(O)cc2)n1. The van der Waals surface area contributed by atoms with Crippen molar-refractivity contribution in [2.45, 2.75) is 20.8 Å². The van der Waals surface area contributed by atoms with Crippen LogP contribution in [0.4, 0.5) is 5.13 Å². The molecule has 0 aliphatic carbocycles. The Hall–Kier alpha value is -2.47. The van der Waals surface area contributed by atoms with Crippen molar-refractivity contribution >= 4 is 16.5 Å². The van der Waals surface area contributed by atoms with Gasteiger partial charge in [-0.1, -0.05) is 25.2 Å². The number of nitrogens with zero attached hydrogens (tertiary/aromatic N) is 3. The third kappa shape index (κ3) is 3.40. The third-order valence-corrected chi connectivity index (χ3v) is 3.70. The van der Waals surface area contributed by atoms with E-state index in [1.165, 1.54) is 11.3 Å². The maximum atomic E-state index is 9.37. The first-order chi connectivity index (χ1) is 10.6. The summed E-state index contributed by atoms with van der Waals surface area (Å²) in [5.74, 6) is 0.919. The second-order valence-corrected chi connectivity index (χ2v) is 5.30. The van der Waals surface area contributed by atoms with Crippen LogP contribution >= 0.6 is 11.3 Å². The van der Waals surface area contributed by atoms with Crippen molar-refractivity contribution in [2.75, 3.05) is 5.73 Å². The molecule has 6 heteroatoms. The van der Waals surface area contributed by atoms with Crippen molar-refractivity contribution in [1.82, 2.24) is 15.0 Å². The summed E-state index contributed by atoms with van der Waals surface area (Å²) in [6.07, 6.45) is 1.72. The Morgan fingerprint density at radius 1 is 1.05 bits per heavy atom. The lowest BCUT2D eigenvalue weighted by Crippen LogP contribution is -1.90. The molecule has 22 heavy (non-hydrogen) atoms. The highest BCUT2D eigenvalue weighted by Gasteiger charge is 2.15. The minimum absolute atomic E-state index is 0.219. The molecule has 0 spiro atoms. The number of aryl methyl sites for hydroxylation is 1. The summed E-state index contributed by atoms with van der Waals surface area (Å²) in [5.41, 5.74) is 8.30. The van der Waals surface area contributed by atoms with E-state index >= 15 is 0 Å². The van der Waals surface area contributed by atoms with Crippen LogP contribution in [-0.2, 0) is 0 Å². The first-order valence-electron chi connectivity index (χ1n) is 6.99. The van der Waals surface area contributed by atoms with Gasteiger partial charge in [0, 0.05) is 11.8 Å². The molecule has 0 fully saturated rings. The van der Waals surface area contributed by atoms with E-state index in [0.29, 0.717) is 11.0 Å². The Kier molecular flexibility index (Phi) is 5.06. The third-order valence-electron chi connectivity index (χ3n) is 2.79.